The Morgan fingerprint density at radius 2 is 2.00 bits per heavy atom. The van der Waals surface area contributed by atoms with Gasteiger partial charge in [-0.2, -0.15) is 0 Å². The molecule has 0 spiro atoms. The molecule has 1 atom stereocenters. The molecule has 1 amide bonds. The number of likely N-dealkylation sites (tertiary alicyclic amines) is 1. The largest absolute Gasteiger partial charge is 0.382 e. The third-order valence-electron chi connectivity index (χ3n) is 7.50. The van der Waals surface area contributed by atoms with E-state index in [1.165, 1.54) is 0 Å². The van der Waals surface area contributed by atoms with Crippen molar-refractivity contribution >= 4 is 34.4 Å². The lowest BCUT2D eigenvalue weighted by molar-refractivity contribution is -0.169. The molecule has 2 aliphatic rings. The van der Waals surface area contributed by atoms with E-state index in [1.807, 2.05) is 53.6 Å². The molecule has 2 saturated heterocycles. The minimum absolute atomic E-state index is 0.0278. The Morgan fingerprint density at radius 1 is 1.21 bits per heavy atom. The van der Waals surface area contributed by atoms with Crippen LogP contribution in [0.4, 0.5) is 5.82 Å². The van der Waals surface area contributed by atoms with Gasteiger partial charge in [-0.05, 0) is 26.7 Å². The van der Waals surface area contributed by atoms with Crippen LogP contribution in [0, 0.1) is 12.3 Å². The molecule has 2 N–H and O–H groups in total. The number of amides is 1. The predicted molar refractivity (Wildman–Crippen MR) is 145 cm³/mol. The number of benzene rings is 1. The molecule has 0 radical (unpaired) electrons. The number of aryl methyl sites for hydroxylation is 1. The number of carbonyl (C=O) groups is 2. The molecular weight excluding hydrogens is 500 g/mol. The zero-order chi connectivity index (χ0) is 26.4. The first-order valence-electron chi connectivity index (χ1n) is 12.9. The minimum Gasteiger partial charge on any atom is -0.382 e. The van der Waals surface area contributed by atoms with Crippen molar-refractivity contribution in [3.8, 4) is 11.3 Å². The van der Waals surface area contributed by atoms with Gasteiger partial charge >= 0.3 is 0 Å². The van der Waals surface area contributed by atoms with Crippen LogP contribution in [0.25, 0.3) is 16.8 Å². The number of anilines is 1. The Morgan fingerprint density at radius 3 is 2.68 bits per heavy atom. The smallest absolute Gasteiger partial charge is 0.233 e. The summed E-state index contributed by atoms with van der Waals surface area (Å²) in [5, 5.41) is 0.819. The molecule has 0 unspecified atom stereocenters. The van der Waals surface area contributed by atoms with Crippen LogP contribution in [0.5, 0.6) is 0 Å². The predicted octanol–water partition coefficient (Wildman–Crippen LogP) is 3.91. The molecule has 4 aromatic rings. The molecule has 9 nitrogen and oxygen atoms in total. The van der Waals surface area contributed by atoms with Gasteiger partial charge in [-0.1, -0.05) is 24.3 Å². The number of nitrogens with zero attached hydrogens (tertiary/aromatic N) is 5. The maximum Gasteiger partial charge on any atom is 0.233 e. The van der Waals surface area contributed by atoms with Gasteiger partial charge in [0, 0.05) is 53.6 Å². The molecule has 0 aliphatic carbocycles. The first-order chi connectivity index (χ1) is 18.3. The molecule has 0 bridgehead atoms. The number of hydrogen-bond donors (Lipinski definition) is 1. The number of ketones is 1. The molecule has 2 aliphatic heterocycles. The Kier molecular flexibility index (Phi) is 6.23. The fourth-order valence-corrected chi connectivity index (χ4v) is 6.18. The Balaban J connectivity index is 1.29. The van der Waals surface area contributed by atoms with Crippen molar-refractivity contribution in [1.82, 2.24) is 24.3 Å². The normalized spacial score (nSPS) is 18.9. The summed E-state index contributed by atoms with van der Waals surface area (Å²) in [6.07, 6.45) is 7.48. The lowest BCUT2D eigenvalue weighted by atomic mass is 9.85. The fraction of sp³-hybridized carbons (Fsp3) is 0.393. The average Bonchev–Trinajstić information content (AvgIpc) is 3.51. The van der Waals surface area contributed by atoms with E-state index in [4.69, 9.17) is 15.5 Å². The summed E-state index contributed by atoms with van der Waals surface area (Å²) < 4.78 is 7.34. The first kappa shape index (κ1) is 24.7. The second-order valence-electron chi connectivity index (χ2n) is 10.5. The quantitative estimate of drug-likeness (QED) is 0.376. The van der Waals surface area contributed by atoms with Gasteiger partial charge in [0.1, 0.15) is 27.9 Å². The third-order valence-corrected chi connectivity index (χ3v) is 8.42. The van der Waals surface area contributed by atoms with Crippen LogP contribution in [0.1, 0.15) is 51.8 Å². The number of piperidine rings is 1. The summed E-state index contributed by atoms with van der Waals surface area (Å²) in [7, 11) is 0. The van der Waals surface area contributed by atoms with Crippen LogP contribution >= 0.6 is 11.3 Å². The van der Waals surface area contributed by atoms with Gasteiger partial charge in [0.2, 0.25) is 5.91 Å². The van der Waals surface area contributed by atoms with Crippen LogP contribution in [-0.2, 0) is 16.0 Å². The SMILES string of the molecule is Cc1cnc(CC(=O)c2ccc(-c3nc([C@@H]4CCCN(C(=O)C5(C)COC5)C4)n4ccnc(N)c34)cc2)s1. The van der Waals surface area contributed by atoms with Gasteiger partial charge in [0.25, 0.3) is 0 Å². The van der Waals surface area contributed by atoms with E-state index in [2.05, 4.69) is 9.97 Å². The van der Waals surface area contributed by atoms with Crippen LogP contribution in [0.15, 0.2) is 42.9 Å². The number of imidazole rings is 1. The number of thiazole rings is 1. The number of hydrogen-bond acceptors (Lipinski definition) is 8. The Labute approximate surface area is 224 Å². The summed E-state index contributed by atoms with van der Waals surface area (Å²) in [6, 6.07) is 7.48. The Hall–Kier alpha value is -3.63. The van der Waals surface area contributed by atoms with E-state index in [0.717, 1.165) is 51.9 Å². The van der Waals surface area contributed by atoms with Gasteiger partial charge in [0.15, 0.2) is 5.78 Å². The summed E-state index contributed by atoms with van der Waals surface area (Å²) in [4.78, 5) is 42.7. The van der Waals surface area contributed by atoms with Crippen molar-refractivity contribution in [2.24, 2.45) is 5.41 Å². The second kappa shape index (κ2) is 9.59. The van der Waals surface area contributed by atoms with Crippen LogP contribution in [0.2, 0.25) is 0 Å². The average molecular weight is 531 g/mol. The van der Waals surface area contributed by atoms with Crippen molar-refractivity contribution in [3.63, 3.8) is 0 Å². The minimum atomic E-state index is -0.423. The Bertz CT molecular complexity index is 1520. The number of carbonyl (C=O) groups excluding carboxylic acids is 2. The van der Waals surface area contributed by atoms with E-state index in [9.17, 15) is 9.59 Å². The van der Waals surface area contributed by atoms with Crippen LogP contribution in [-0.4, -0.2) is 62.2 Å². The van der Waals surface area contributed by atoms with Gasteiger partial charge < -0.3 is 15.4 Å². The topological polar surface area (TPSA) is 116 Å². The maximum absolute atomic E-state index is 13.2. The first-order valence-corrected chi connectivity index (χ1v) is 13.7. The molecule has 2 fully saturated rings. The number of rotatable bonds is 6. The molecule has 1 aromatic carbocycles. The van der Waals surface area contributed by atoms with E-state index < -0.39 is 5.41 Å². The van der Waals surface area contributed by atoms with Crippen LogP contribution < -0.4 is 5.73 Å². The highest BCUT2D eigenvalue weighted by molar-refractivity contribution is 7.11. The van der Waals surface area contributed by atoms with Crippen molar-refractivity contribution in [3.05, 3.63) is 64.1 Å². The maximum atomic E-state index is 13.2. The summed E-state index contributed by atoms with van der Waals surface area (Å²) in [5.41, 5.74) is 8.88. The number of aromatic nitrogens is 4. The van der Waals surface area contributed by atoms with Gasteiger partial charge in [-0.3, -0.25) is 14.0 Å². The molecule has 10 heteroatoms. The summed E-state index contributed by atoms with van der Waals surface area (Å²) >= 11 is 1.54. The van der Waals surface area contributed by atoms with E-state index >= 15 is 0 Å². The van der Waals surface area contributed by atoms with Crippen molar-refractivity contribution in [2.45, 2.75) is 39.0 Å². The molecule has 38 heavy (non-hydrogen) atoms. The summed E-state index contributed by atoms with van der Waals surface area (Å²) in [5.74, 6) is 1.52. The van der Waals surface area contributed by atoms with Crippen molar-refractivity contribution in [2.75, 3.05) is 32.0 Å². The van der Waals surface area contributed by atoms with E-state index in [0.29, 0.717) is 31.1 Å². The fourth-order valence-electron chi connectivity index (χ4n) is 5.40. The monoisotopic (exact) mass is 530 g/mol. The standard InChI is InChI=1S/C28H30N6O3S/c1-17-13-31-22(38-17)12-21(35)18-5-7-19(8-6-18)23-24-25(29)30-9-11-34(24)26(32-23)20-4-3-10-33(14-20)27(36)28(2)15-37-16-28/h5-9,11,13,20H,3-4,10,12,14-16H2,1-2H3,(H2,29,30)/t20-/m1/s1. The molecule has 5 heterocycles. The van der Waals surface area contributed by atoms with E-state index in [-0.39, 0.29) is 24.0 Å². The zero-order valence-electron chi connectivity index (χ0n) is 21.5. The number of nitrogens with two attached hydrogens (primary N) is 1. The highest BCUT2D eigenvalue weighted by Crippen LogP contribution is 2.36. The van der Waals surface area contributed by atoms with E-state index in [1.54, 1.807) is 23.7 Å². The second-order valence-corrected chi connectivity index (χ2v) is 11.9. The molecule has 6 rings (SSSR count). The molecule has 3 aromatic heterocycles. The molecular formula is C28H30N6O3S. The highest BCUT2D eigenvalue weighted by Gasteiger charge is 2.44. The number of Topliss-reactive ketones (excluding diaryl/α,β-unsaturated/α-hetero) is 1. The zero-order valence-corrected chi connectivity index (χ0v) is 22.3. The van der Waals surface area contributed by atoms with Gasteiger partial charge in [0.05, 0.1) is 25.0 Å². The van der Waals surface area contributed by atoms with Crippen molar-refractivity contribution in [1.29, 1.82) is 0 Å². The lowest BCUT2D eigenvalue weighted by Gasteiger charge is -2.42. The molecule has 196 valence electrons. The summed E-state index contributed by atoms with van der Waals surface area (Å²) in [6.45, 7) is 6.28. The van der Waals surface area contributed by atoms with Crippen LogP contribution in [0.3, 0.4) is 0 Å². The highest BCUT2D eigenvalue weighted by atomic mass is 32.1. The number of ether oxygens (including phenoxy) is 1. The lowest BCUT2D eigenvalue weighted by Crippen LogP contribution is -2.55. The van der Waals surface area contributed by atoms with Gasteiger partial charge in [-0.25, -0.2) is 15.0 Å². The third kappa shape index (κ3) is 4.37. The van der Waals surface area contributed by atoms with Crippen molar-refractivity contribution < 1.29 is 14.3 Å². The van der Waals surface area contributed by atoms with Gasteiger partial charge in [-0.15, -0.1) is 11.3 Å². The molecule has 0 saturated carbocycles. The number of nitrogen functional groups attached to an aromatic ring is 1. The number of fused-ring (bicyclic) bond motifs is 1.